The van der Waals surface area contributed by atoms with Gasteiger partial charge in [0, 0.05) is 30.8 Å². The van der Waals surface area contributed by atoms with Gasteiger partial charge < -0.3 is 20.8 Å². The Kier molecular flexibility index (Phi) is 7.31. The van der Waals surface area contributed by atoms with Gasteiger partial charge in [0.05, 0.1) is 29.4 Å². The van der Waals surface area contributed by atoms with Crippen molar-refractivity contribution in [3.8, 4) is 17.0 Å². The summed E-state index contributed by atoms with van der Waals surface area (Å²) in [5.74, 6) is -0.482. The van der Waals surface area contributed by atoms with Crippen LogP contribution in [0, 0.1) is 11.6 Å². The summed E-state index contributed by atoms with van der Waals surface area (Å²) >= 11 is 0. The fourth-order valence-corrected chi connectivity index (χ4v) is 3.71. The molecular formula is C25H24F3N5O2. The van der Waals surface area contributed by atoms with Crippen LogP contribution in [0.1, 0.15) is 17.8 Å². The molecule has 4 aromatic rings. The van der Waals surface area contributed by atoms with Gasteiger partial charge in [-0.3, -0.25) is 9.78 Å². The molecule has 1 atom stereocenters. The van der Waals surface area contributed by atoms with E-state index in [1.807, 2.05) is 0 Å². The van der Waals surface area contributed by atoms with Gasteiger partial charge in [-0.25, -0.2) is 18.2 Å². The van der Waals surface area contributed by atoms with Crippen molar-refractivity contribution in [1.29, 1.82) is 0 Å². The van der Waals surface area contributed by atoms with Crippen LogP contribution in [0.3, 0.4) is 0 Å². The fourth-order valence-electron chi connectivity index (χ4n) is 3.71. The number of pyridine rings is 1. The van der Waals surface area contributed by atoms with Crippen molar-refractivity contribution in [2.75, 3.05) is 25.9 Å². The molecular weight excluding hydrogens is 459 g/mol. The third-order valence-electron chi connectivity index (χ3n) is 5.46. The lowest BCUT2D eigenvalue weighted by molar-refractivity contribution is 0.361. The monoisotopic (exact) mass is 483 g/mol. The number of hydrogen-bond acceptors (Lipinski definition) is 6. The van der Waals surface area contributed by atoms with Crippen molar-refractivity contribution >= 4 is 16.6 Å². The Morgan fingerprint density at radius 1 is 1.14 bits per heavy atom. The topological polar surface area (TPSA) is 106 Å². The van der Waals surface area contributed by atoms with Gasteiger partial charge in [0.15, 0.2) is 0 Å². The Bertz CT molecular complexity index is 1370. The summed E-state index contributed by atoms with van der Waals surface area (Å²) in [5.41, 5.74) is 8.00. The first-order valence-electron chi connectivity index (χ1n) is 10.9. The zero-order valence-electron chi connectivity index (χ0n) is 18.9. The quantitative estimate of drug-likeness (QED) is 0.382. The number of nitrogens with zero attached hydrogens (tertiary/aromatic N) is 2. The second kappa shape index (κ2) is 10.6. The van der Waals surface area contributed by atoms with Crippen LogP contribution in [-0.2, 0) is 6.42 Å². The second-order valence-corrected chi connectivity index (χ2v) is 8.10. The minimum absolute atomic E-state index is 0.303. The van der Waals surface area contributed by atoms with Crippen molar-refractivity contribution in [2.24, 2.45) is 0 Å². The number of rotatable bonds is 4. The molecule has 1 unspecified atom stereocenters. The average molecular weight is 483 g/mol. The van der Waals surface area contributed by atoms with Crippen LogP contribution in [0.15, 0.2) is 53.5 Å². The lowest BCUT2D eigenvalue weighted by Gasteiger charge is -2.08. The van der Waals surface area contributed by atoms with Crippen LogP contribution < -0.4 is 21.3 Å². The molecule has 0 saturated carbocycles. The molecule has 0 aliphatic carbocycles. The molecule has 2 aromatic carbocycles. The summed E-state index contributed by atoms with van der Waals surface area (Å²) in [6, 6.07) is 9.80. The van der Waals surface area contributed by atoms with E-state index in [-0.39, 0.29) is 5.56 Å². The standard InChI is InChI=1S/C21H16F2N4O2.C4H8FN/c1-29-19-8-15-18(9-16(19)24)26-20(27-21(15)28)4-11-2-3-17(25-10-11)12-5-13(22)7-14(23)6-12;5-4-1-2-6-3-4/h2-3,5-10H,4,24H2,1H3,(H,26,27,28);4,6H,1-3H2. The SMILES string of the molecule is COc1cc2c(=O)[nH]c(Cc3ccc(-c4cc(F)cc(F)c4)nc3)nc2cc1N.FC1CCNC1. The normalized spacial score (nSPS) is 15.0. The number of aromatic amines is 1. The molecule has 1 fully saturated rings. The number of methoxy groups -OCH3 is 1. The van der Waals surface area contributed by atoms with Crippen molar-refractivity contribution in [1.82, 2.24) is 20.3 Å². The molecule has 2 aromatic heterocycles. The summed E-state index contributed by atoms with van der Waals surface area (Å²) in [7, 11) is 1.47. The molecule has 35 heavy (non-hydrogen) atoms. The summed E-state index contributed by atoms with van der Waals surface area (Å²) in [6.07, 6.45) is 2.04. The van der Waals surface area contributed by atoms with E-state index in [0.717, 1.165) is 18.2 Å². The van der Waals surface area contributed by atoms with E-state index in [0.29, 0.717) is 58.8 Å². The maximum Gasteiger partial charge on any atom is 0.258 e. The van der Waals surface area contributed by atoms with E-state index in [4.69, 9.17) is 10.5 Å². The number of anilines is 1. The third-order valence-corrected chi connectivity index (χ3v) is 5.46. The zero-order valence-corrected chi connectivity index (χ0v) is 18.9. The molecule has 0 spiro atoms. The van der Waals surface area contributed by atoms with Crippen LogP contribution in [0.2, 0.25) is 0 Å². The Hall–Kier alpha value is -3.92. The predicted octanol–water partition coefficient (Wildman–Crippen LogP) is 3.76. The van der Waals surface area contributed by atoms with Crippen LogP contribution in [-0.4, -0.2) is 41.3 Å². The van der Waals surface area contributed by atoms with Gasteiger partial charge in [-0.05, 0) is 48.9 Å². The highest BCUT2D eigenvalue weighted by Crippen LogP contribution is 2.25. The van der Waals surface area contributed by atoms with E-state index in [1.165, 1.54) is 19.2 Å². The predicted molar refractivity (Wildman–Crippen MR) is 128 cm³/mol. The lowest BCUT2D eigenvalue weighted by Crippen LogP contribution is -2.13. The van der Waals surface area contributed by atoms with Crippen molar-refractivity contribution < 1.29 is 17.9 Å². The smallest absolute Gasteiger partial charge is 0.258 e. The summed E-state index contributed by atoms with van der Waals surface area (Å²) in [4.78, 5) is 23.8. The molecule has 4 N–H and O–H groups in total. The van der Waals surface area contributed by atoms with Crippen LogP contribution >= 0.6 is 0 Å². The molecule has 1 aliphatic rings. The average Bonchev–Trinajstić information content (AvgIpc) is 3.30. The number of nitrogens with two attached hydrogens (primary N) is 1. The second-order valence-electron chi connectivity index (χ2n) is 8.10. The van der Waals surface area contributed by atoms with E-state index < -0.39 is 17.8 Å². The fraction of sp³-hybridized carbons (Fsp3) is 0.240. The number of benzene rings is 2. The van der Waals surface area contributed by atoms with Gasteiger partial charge in [-0.1, -0.05) is 6.07 Å². The maximum absolute atomic E-state index is 13.4. The van der Waals surface area contributed by atoms with Gasteiger partial charge in [-0.15, -0.1) is 0 Å². The first-order chi connectivity index (χ1) is 16.8. The van der Waals surface area contributed by atoms with E-state index in [9.17, 15) is 18.0 Å². The molecule has 3 heterocycles. The molecule has 1 aliphatic heterocycles. The van der Waals surface area contributed by atoms with Crippen molar-refractivity contribution in [2.45, 2.75) is 19.0 Å². The highest BCUT2D eigenvalue weighted by molar-refractivity contribution is 5.84. The molecule has 182 valence electrons. The Balaban J connectivity index is 0.000000421. The third kappa shape index (κ3) is 5.96. The largest absolute Gasteiger partial charge is 0.495 e. The minimum atomic E-state index is -0.667. The minimum Gasteiger partial charge on any atom is -0.495 e. The Morgan fingerprint density at radius 3 is 2.49 bits per heavy atom. The number of hydrogen-bond donors (Lipinski definition) is 3. The summed E-state index contributed by atoms with van der Waals surface area (Å²) in [6.45, 7) is 1.43. The van der Waals surface area contributed by atoms with Crippen LogP contribution in [0.4, 0.5) is 18.9 Å². The van der Waals surface area contributed by atoms with Gasteiger partial charge >= 0.3 is 0 Å². The molecule has 0 bridgehead atoms. The Labute approximate surface area is 199 Å². The number of nitrogens with one attached hydrogen (secondary N) is 2. The lowest BCUT2D eigenvalue weighted by atomic mass is 10.1. The Morgan fingerprint density at radius 2 is 1.91 bits per heavy atom. The highest BCUT2D eigenvalue weighted by atomic mass is 19.1. The van der Waals surface area contributed by atoms with Crippen molar-refractivity contribution in [3.63, 3.8) is 0 Å². The number of nitrogen functional groups attached to an aromatic ring is 1. The molecule has 1 saturated heterocycles. The number of H-pyrrole nitrogens is 1. The molecule has 10 heteroatoms. The van der Waals surface area contributed by atoms with Gasteiger partial charge in [0.25, 0.3) is 5.56 Å². The molecule has 0 amide bonds. The number of halogens is 3. The molecule has 7 nitrogen and oxygen atoms in total. The summed E-state index contributed by atoms with van der Waals surface area (Å²) < 4.78 is 43.8. The highest BCUT2D eigenvalue weighted by Gasteiger charge is 2.11. The maximum atomic E-state index is 13.4. The molecule has 5 rings (SSSR count). The first-order valence-corrected chi connectivity index (χ1v) is 10.9. The summed E-state index contributed by atoms with van der Waals surface area (Å²) in [5, 5.41) is 3.27. The van der Waals surface area contributed by atoms with Gasteiger partial charge in [0.2, 0.25) is 0 Å². The number of aromatic nitrogens is 3. The zero-order chi connectivity index (χ0) is 24.9. The molecule has 0 radical (unpaired) electrons. The van der Waals surface area contributed by atoms with Gasteiger partial charge in [-0.2, -0.15) is 0 Å². The van der Waals surface area contributed by atoms with Crippen molar-refractivity contribution in [3.05, 3.63) is 82.0 Å². The first kappa shape index (κ1) is 24.2. The van der Waals surface area contributed by atoms with Crippen LogP contribution in [0.5, 0.6) is 5.75 Å². The van der Waals surface area contributed by atoms with E-state index in [2.05, 4.69) is 20.3 Å². The van der Waals surface area contributed by atoms with E-state index in [1.54, 1.807) is 30.5 Å². The van der Waals surface area contributed by atoms with E-state index >= 15 is 0 Å². The number of ether oxygens (including phenoxy) is 1. The van der Waals surface area contributed by atoms with Gasteiger partial charge in [0.1, 0.15) is 29.4 Å². The number of fused-ring (bicyclic) bond motifs is 1. The number of alkyl halides is 1. The van der Waals surface area contributed by atoms with Crippen LogP contribution in [0.25, 0.3) is 22.2 Å².